The maximum atomic E-state index is 11.2. The Morgan fingerprint density at radius 1 is 0.839 bits per heavy atom. The molecule has 0 aromatic rings. The first-order chi connectivity index (χ1) is 14.9. The highest BCUT2D eigenvalue weighted by Gasteiger charge is 2.25. The van der Waals surface area contributed by atoms with Gasteiger partial charge >= 0.3 is 11.9 Å². The molecule has 0 saturated carbocycles. The summed E-state index contributed by atoms with van der Waals surface area (Å²) in [6, 6.07) is 0. The van der Waals surface area contributed by atoms with Gasteiger partial charge in [-0.25, -0.2) is 9.59 Å². The van der Waals surface area contributed by atoms with E-state index in [0.29, 0.717) is 22.4 Å². The molecule has 0 saturated heterocycles. The second kappa shape index (κ2) is 15.0. The number of carbonyl (C=O) groups excluding carboxylic acids is 2. The summed E-state index contributed by atoms with van der Waals surface area (Å²) in [4.78, 5) is 27.3. The van der Waals surface area contributed by atoms with Crippen molar-refractivity contribution in [2.75, 3.05) is 36.2 Å². The highest BCUT2D eigenvalue weighted by molar-refractivity contribution is 8.24. The molecule has 2 aliphatic heterocycles. The second-order valence-corrected chi connectivity index (χ2v) is 14.7. The Bertz CT molecular complexity index is 673. The van der Waals surface area contributed by atoms with Gasteiger partial charge in [-0.05, 0) is 41.6 Å². The van der Waals surface area contributed by atoms with E-state index >= 15 is 0 Å². The number of thioether (sulfide) groups is 6. The molecule has 0 N–H and O–H groups in total. The van der Waals surface area contributed by atoms with Crippen molar-refractivity contribution in [1.82, 2.24) is 0 Å². The van der Waals surface area contributed by atoms with Crippen molar-refractivity contribution in [2.24, 2.45) is 0 Å². The third-order valence-electron chi connectivity index (χ3n) is 4.06. The van der Waals surface area contributed by atoms with Crippen LogP contribution in [0.15, 0.2) is 44.9 Å². The summed E-state index contributed by atoms with van der Waals surface area (Å²) < 4.78 is 11.3. The standard InChI is InChI=1S/C21H28O4S6/c1-5-18(22)24-10-16-14(3)28-20(30-16)12-26-8-7-9-27-13-21-29-15(4)17(31-21)11-25-19(23)6-2/h5-6,20-21H,1-2,7-13H2,3-4H3. The Kier molecular flexibility index (Phi) is 13.2. The van der Waals surface area contributed by atoms with Gasteiger partial charge in [-0.1, -0.05) is 13.2 Å². The van der Waals surface area contributed by atoms with Crippen molar-refractivity contribution in [3.05, 3.63) is 44.9 Å². The zero-order chi connectivity index (χ0) is 22.6. The molecular weight excluding hydrogens is 509 g/mol. The number of allylic oxidation sites excluding steroid dienone is 2. The highest BCUT2D eigenvalue weighted by atomic mass is 32.2. The van der Waals surface area contributed by atoms with Crippen molar-refractivity contribution in [3.8, 4) is 0 Å². The lowest BCUT2D eigenvalue weighted by atomic mass is 10.5. The number of ether oxygens (including phenoxy) is 2. The molecule has 2 atom stereocenters. The Labute approximate surface area is 211 Å². The normalized spacial score (nSPS) is 20.8. The minimum absolute atomic E-state index is 0.357. The van der Waals surface area contributed by atoms with Crippen LogP contribution in [0.25, 0.3) is 0 Å². The molecule has 31 heavy (non-hydrogen) atoms. The Morgan fingerprint density at radius 3 is 1.65 bits per heavy atom. The fourth-order valence-corrected chi connectivity index (χ4v) is 11.2. The van der Waals surface area contributed by atoms with Crippen molar-refractivity contribution in [2.45, 2.75) is 29.4 Å². The highest BCUT2D eigenvalue weighted by Crippen LogP contribution is 2.47. The zero-order valence-corrected chi connectivity index (χ0v) is 22.7. The fourth-order valence-electron chi connectivity index (χ4n) is 2.48. The molecule has 0 spiro atoms. The van der Waals surface area contributed by atoms with Gasteiger partial charge in [0.25, 0.3) is 0 Å². The van der Waals surface area contributed by atoms with Gasteiger partial charge in [0.2, 0.25) is 0 Å². The number of hydrogen-bond donors (Lipinski definition) is 0. The molecule has 0 aliphatic carbocycles. The quantitative estimate of drug-likeness (QED) is 0.142. The maximum absolute atomic E-state index is 11.2. The van der Waals surface area contributed by atoms with E-state index in [1.165, 1.54) is 28.4 Å². The fraction of sp³-hybridized carbons (Fsp3) is 0.524. The Balaban J connectivity index is 1.49. The summed E-state index contributed by atoms with van der Waals surface area (Å²) in [6.45, 7) is 11.8. The van der Waals surface area contributed by atoms with E-state index in [2.05, 4.69) is 27.0 Å². The van der Waals surface area contributed by atoms with Crippen LogP contribution in [-0.2, 0) is 19.1 Å². The molecule has 2 rings (SSSR count). The van der Waals surface area contributed by atoms with Gasteiger partial charge in [0, 0.05) is 33.5 Å². The number of esters is 2. The first kappa shape index (κ1) is 27.2. The van der Waals surface area contributed by atoms with Crippen LogP contribution in [0, 0.1) is 0 Å². The van der Waals surface area contributed by atoms with Crippen LogP contribution in [0.2, 0.25) is 0 Å². The first-order valence-electron chi connectivity index (χ1n) is 9.73. The monoisotopic (exact) mass is 536 g/mol. The van der Waals surface area contributed by atoms with E-state index < -0.39 is 0 Å². The Hall–Kier alpha value is -0.000000000000000222. The molecule has 0 fully saturated rings. The van der Waals surface area contributed by atoms with E-state index in [0.717, 1.165) is 32.8 Å². The molecule has 172 valence electrons. The van der Waals surface area contributed by atoms with Crippen molar-refractivity contribution >= 4 is 82.5 Å². The predicted octanol–water partition coefficient (Wildman–Crippen LogP) is 6.38. The summed E-state index contributed by atoms with van der Waals surface area (Å²) in [6.07, 6.45) is 3.61. The predicted molar refractivity (Wildman–Crippen MR) is 145 cm³/mol. The molecule has 2 unspecified atom stereocenters. The third-order valence-corrected chi connectivity index (χ3v) is 12.9. The van der Waals surface area contributed by atoms with Crippen molar-refractivity contribution < 1.29 is 19.1 Å². The molecular formula is C21H28O4S6. The van der Waals surface area contributed by atoms with Crippen LogP contribution in [0.5, 0.6) is 0 Å². The summed E-state index contributed by atoms with van der Waals surface area (Å²) in [5.41, 5.74) is 0. The molecule has 0 amide bonds. The zero-order valence-electron chi connectivity index (χ0n) is 17.8. The lowest BCUT2D eigenvalue weighted by Crippen LogP contribution is -2.04. The average molecular weight is 537 g/mol. The van der Waals surface area contributed by atoms with Crippen LogP contribution in [0.3, 0.4) is 0 Å². The molecule has 4 nitrogen and oxygen atoms in total. The minimum Gasteiger partial charge on any atom is -0.457 e. The molecule has 0 bridgehead atoms. The second-order valence-electron chi connectivity index (χ2n) is 6.42. The van der Waals surface area contributed by atoms with Crippen molar-refractivity contribution in [3.63, 3.8) is 0 Å². The first-order valence-corrected chi connectivity index (χ1v) is 15.6. The van der Waals surface area contributed by atoms with Crippen LogP contribution in [-0.4, -0.2) is 57.3 Å². The minimum atomic E-state index is -0.367. The molecule has 2 aliphatic rings. The molecule has 0 radical (unpaired) electrons. The average Bonchev–Trinajstić information content (AvgIpc) is 3.30. The van der Waals surface area contributed by atoms with Gasteiger partial charge in [0.15, 0.2) is 0 Å². The van der Waals surface area contributed by atoms with Crippen LogP contribution in [0.1, 0.15) is 20.3 Å². The van der Waals surface area contributed by atoms with Gasteiger partial charge in [0.05, 0.1) is 9.16 Å². The topological polar surface area (TPSA) is 52.6 Å². The third kappa shape index (κ3) is 10.2. The van der Waals surface area contributed by atoms with E-state index in [-0.39, 0.29) is 11.9 Å². The summed E-state index contributed by atoms with van der Waals surface area (Å²) in [7, 11) is 0. The van der Waals surface area contributed by atoms with Crippen LogP contribution >= 0.6 is 70.6 Å². The maximum Gasteiger partial charge on any atom is 0.330 e. The van der Waals surface area contributed by atoms with Gasteiger partial charge in [0.1, 0.15) is 13.2 Å². The number of hydrogen-bond acceptors (Lipinski definition) is 10. The van der Waals surface area contributed by atoms with Gasteiger partial charge in [-0.3, -0.25) is 0 Å². The van der Waals surface area contributed by atoms with E-state index in [4.69, 9.17) is 9.47 Å². The lowest BCUT2D eigenvalue weighted by molar-refractivity contribution is -0.137. The van der Waals surface area contributed by atoms with E-state index in [1.54, 1.807) is 0 Å². The van der Waals surface area contributed by atoms with Crippen LogP contribution < -0.4 is 0 Å². The van der Waals surface area contributed by atoms with Crippen LogP contribution in [0.4, 0.5) is 0 Å². The van der Waals surface area contributed by atoms with E-state index in [9.17, 15) is 9.59 Å². The largest absolute Gasteiger partial charge is 0.457 e. The smallest absolute Gasteiger partial charge is 0.330 e. The SMILES string of the molecule is C=CC(=O)OCC1=C(C)SC(CSCCCSCC2SC(C)=C(COC(=O)C=C)S2)S1. The van der Waals surface area contributed by atoms with Crippen molar-refractivity contribution in [1.29, 1.82) is 0 Å². The lowest BCUT2D eigenvalue weighted by Gasteiger charge is -2.10. The molecule has 0 aromatic carbocycles. The molecule has 10 heteroatoms. The summed E-state index contributed by atoms with van der Waals surface area (Å²) in [5, 5.41) is 0. The Morgan fingerprint density at radius 2 is 1.26 bits per heavy atom. The van der Waals surface area contributed by atoms with Gasteiger partial charge in [-0.2, -0.15) is 23.5 Å². The van der Waals surface area contributed by atoms with E-state index in [1.807, 2.05) is 70.6 Å². The number of carbonyl (C=O) groups is 2. The summed E-state index contributed by atoms with van der Waals surface area (Å²) in [5.74, 6) is 3.79. The summed E-state index contributed by atoms with van der Waals surface area (Å²) >= 11 is 11.4. The molecule has 0 aromatic heterocycles. The molecule has 2 heterocycles. The van der Waals surface area contributed by atoms with Gasteiger partial charge in [-0.15, -0.1) is 47.0 Å². The van der Waals surface area contributed by atoms with Gasteiger partial charge < -0.3 is 9.47 Å². The number of rotatable bonds is 14.